The van der Waals surface area contributed by atoms with E-state index in [1.165, 1.54) is 12.4 Å². The van der Waals surface area contributed by atoms with Gasteiger partial charge in [-0.1, -0.05) is 48.9 Å². The molecule has 0 saturated heterocycles. The average Bonchev–Trinajstić information content (AvgIpc) is 2.41. The number of carbonyl (C=O) groups is 1. The predicted molar refractivity (Wildman–Crippen MR) is 75.1 cm³/mol. The molecule has 1 unspecified atom stereocenters. The van der Waals surface area contributed by atoms with Gasteiger partial charge in [0.25, 0.3) is 0 Å². The van der Waals surface area contributed by atoms with Crippen LogP contribution in [0.25, 0.3) is 0 Å². The molecule has 1 N–H and O–H groups in total. The summed E-state index contributed by atoms with van der Waals surface area (Å²) in [5.74, 6) is 0.123. The zero-order valence-electron chi connectivity index (χ0n) is 10.5. The maximum Gasteiger partial charge on any atom is 0.233 e. The van der Waals surface area contributed by atoms with Gasteiger partial charge in [-0.2, -0.15) is 0 Å². The summed E-state index contributed by atoms with van der Waals surface area (Å²) in [6.45, 7) is 1.98. The fourth-order valence-corrected chi connectivity index (χ4v) is 2.02. The number of hydrogen-bond acceptors (Lipinski definition) is 3. The maximum atomic E-state index is 12.2. The third kappa shape index (κ3) is 3.51. The second kappa shape index (κ2) is 6.29. The summed E-state index contributed by atoms with van der Waals surface area (Å²) in [6.07, 6.45) is 2.04. The molecule has 0 aliphatic heterocycles. The first kappa shape index (κ1) is 13.5. The molecule has 5 heteroatoms. The molecule has 0 saturated carbocycles. The molecule has 0 fully saturated rings. The Hall–Kier alpha value is -1.94. The Labute approximate surface area is 116 Å². The Morgan fingerprint density at radius 2 is 2.05 bits per heavy atom. The summed E-state index contributed by atoms with van der Waals surface area (Å²) < 4.78 is 0. The number of hydrogen-bond donors (Lipinski definition) is 1. The standard InChI is InChI=1S/C14H14ClN3O/c1-2-11(10-6-4-3-5-7-10)14(19)18-13-8-12(15)16-9-17-13/h3-9,11H,2H2,1H3,(H,16,17,18,19). The lowest BCUT2D eigenvalue weighted by atomic mass is 9.96. The number of amides is 1. The van der Waals surface area contributed by atoms with Crippen molar-refractivity contribution in [2.75, 3.05) is 5.32 Å². The van der Waals surface area contributed by atoms with E-state index in [1.807, 2.05) is 37.3 Å². The van der Waals surface area contributed by atoms with Crippen molar-refractivity contribution >= 4 is 23.3 Å². The van der Waals surface area contributed by atoms with Crippen molar-refractivity contribution in [3.63, 3.8) is 0 Å². The van der Waals surface area contributed by atoms with Crippen LogP contribution in [0, 0.1) is 0 Å². The number of benzene rings is 1. The van der Waals surface area contributed by atoms with E-state index >= 15 is 0 Å². The summed E-state index contributed by atoms with van der Waals surface area (Å²) in [7, 11) is 0. The summed E-state index contributed by atoms with van der Waals surface area (Å²) in [4.78, 5) is 20.0. The second-order valence-corrected chi connectivity index (χ2v) is 4.47. The fraction of sp³-hybridized carbons (Fsp3) is 0.214. The Morgan fingerprint density at radius 3 is 2.68 bits per heavy atom. The van der Waals surface area contributed by atoms with Gasteiger partial charge in [0.1, 0.15) is 17.3 Å². The van der Waals surface area contributed by atoms with Crippen LogP contribution in [0.5, 0.6) is 0 Å². The van der Waals surface area contributed by atoms with Gasteiger partial charge in [-0.25, -0.2) is 9.97 Å². The van der Waals surface area contributed by atoms with Gasteiger partial charge in [0.15, 0.2) is 0 Å². The van der Waals surface area contributed by atoms with Crippen molar-refractivity contribution in [3.05, 3.63) is 53.4 Å². The number of aromatic nitrogens is 2. The smallest absolute Gasteiger partial charge is 0.233 e. The van der Waals surface area contributed by atoms with Crippen molar-refractivity contribution in [3.8, 4) is 0 Å². The molecular formula is C14H14ClN3O. The van der Waals surface area contributed by atoms with Crippen LogP contribution >= 0.6 is 11.6 Å². The number of nitrogens with zero attached hydrogens (tertiary/aromatic N) is 2. The first-order chi connectivity index (χ1) is 9.20. The van der Waals surface area contributed by atoms with Crippen molar-refractivity contribution < 1.29 is 4.79 Å². The van der Waals surface area contributed by atoms with E-state index in [0.29, 0.717) is 17.4 Å². The van der Waals surface area contributed by atoms with E-state index in [1.54, 1.807) is 0 Å². The molecule has 0 aliphatic carbocycles. The van der Waals surface area contributed by atoms with Crippen LogP contribution in [0.3, 0.4) is 0 Å². The van der Waals surface area contributed by atoms with Gasteiger partial charge in [0.05, 0.1) is 5.92 Å². The third-order valence-electron chi connectivity index (χ3n) is 2.81. The van der Waals surface area contributed by atoms with E-state index in [9.17, 15) is 4.79 Å². The fourth-order valence-electron chi connectivity index (χ4n) is 1.87. The molecule has 0 spiro atoms. The minimum atomic E-state index is -0.199. The Kier molecular flexibility index (Phi) is 4.47. The van der Waals surface area contributed by atoms with Crippen LogP contribution in [0.4, 0.5) is 5.82 Å². The zero-order chi connectivity index (χ0) is 13.7. The van der Waals surface area contributed by atoms with Crippen LogP contribution < -0.4 is 5.32 Å². The predicted octanol–water partition coefficient (Wildman–Crippen LogP) is 3.26. The van der Waals surface area contributed by atoms with Gasteiger partial charge in [0.2, 0.25) is 5.91 Å². The minimum Gasteiger partial charge on any atom is -0.310 e. The Balaban J connectivity index is 2.14. The molecule has 4 nitrogen and oxygen atoms in total. The number of carbonyl (C=O) groups excluding carboxylic acids is 1. The molecule has 98 valence electrons. The lowest BCUT2D eigenvalue weighted by molar-refractivity contribution is -0.117. The Bertz CT molecular complexity index is 560. The summed E-state index contributed by atoms with van der Waals surface area (Å²) in [5.41, 5.74) is 0.989. The van der Waals surface area contributed by atoms with Crippen molar-refractivity contribution in [1.29, 1.82) is 0 Å². The van der Waals surface area contributed by atoms with Crippen molar-refractivity contribution in [1.82, 2.24) is 9.97 Å². The number of rotatable bonds is 4. The lowest BCUT2D eigenvalue weighted by Crippen LogP contribution is -2.21. The minimum absolute atomic E-state index is 0.0940. The van der Waals surface area contributed by atoms with Crippen LogP contribution in [-0.2, 0) is 4.79 Å². The van der Waals surface area contributed by atoms with E-state index in [4.69, 9.17) is 11.6 Å². The van der Waals surface area contributed by atoms with Crippen LogP contribution in [0.15, 0.2) is 42.7 Å². The van der Waals surface area contributed by atoms with Gasteiger partial charge < -0.3 is 5.32 Å². The molecule has 2 aromatic rings. The maximum absolute atomic E-state index is 12.2. The normalized spacial score (nSPS) is 11.9. The lowest BCUT2D eigenvalue weighted by Gasteiger charge is -2.14. The molecule has 1 atom stereocenters. The number of halogens is 1. The van der Waals surface area contributed by atoms with E-state index < -0.39 is 0 Å². The summed E-state index contributed by atoms with van der Waals surface area (Å²) in [5, 5.41) is 3.06. The highest BCUT2D eigenvalue weighted by Crippen LogP contribution is 2.21. The molecule has 1 aromatic carbocycles. The summed E-state index contributed by atoms with van der Waals surface area (Å²) in [6, 6.07) is 11.2. The zero-order valence-corrected chi connectivity index (χ0v) is 11.3. The molecule has 0 bridgehead atoms. The largest absolute Gasteiger partial charge is 0.310 e. The highest BCUT2D eigenvalue weighted by Gasteiger charge is 2.18. The molecule has 1 amide bonds. The molecule has 19 heavy (non-hydrogen) atoms. The van der Waals surface area contributed by atoms with Gasteiger partial charge >= 0.3 is 0 Å². The quantitative estimate of drug-likeness (QED) is 0.872. The average molecular weight is 276 g/mol. The first-order valence-electron chi connectivity index (χ1n) is 6.04. The van der Waals surface area contributed by atoms with Crippen LogP contribution in [0.2, 0.25) is 5.15 Å². The van der Waals surface area contributed by atoms with Crippen LogP contribution in [0.1, 0.15) is 24.8 Å². The highest BCUT2D eigenvalue weighted by molar-refractivity contribution is 6.29. The Morgan fingerprint density at radius 1 is 1.32 bits per heavy atom. The van der Waals surface area contributed by atoms with Crippen LogP contribution in [-0.4, -0.2) is 15.9 Å². The molecular weight excluding hydrogens is 262 g/mol. The highest BCUT2D eigenvalue weighted by atomic mass is 35.5. The van der Waals surface area contributed by atoms with Crippen molar-refractivity contribution in [2.45, 2.75) is 19.3 Å². The van der Waals surface area contributed by atoms with Crippen molar-refractivity contribution in [2.24, 2.45) is 0 Å². The van der Waals surface area contributed by atoms with Gasteiger partial charge in [0, 0.05) is 6.07 Å². The molecule has 1 heterocycles. The topological polar surface area (TPSA) is 54.9 Å². The molecule has 1 aromatic heterocycles. The van der Waals surface area contributed by atoms with Gasteiger partial charge in [-0.05, 0) is 12.0 Å². The van der Waals surface area contributed by atoms with Gasteiger partial charge in [-0.15, -0.1) is 0 Å². The number of anilines is 1. The van der Waals surface area contributed by atoms with E-state index in [-0.39, 0.29) is 11.8 Å². The molecule has 0 aliphatic rings. The number of nitrogens with one attached hydrogen (secondary N) is 1. The second-order valence-electron chi connectivity index (χ2n) is 4.09. The third-order valence-corrected chi connectivity index (χ3v) is 3.02. The molecule has 2 rings (SSSR count). The monoisotopic (exact) mass is 275 g/mol. The SMILES string of the molecule is CCC(C(=O)Nc1cc(Cl)ncn1)c1ccccc1. The van der Waals surface area contributed by atoms with E-state index in [2.05, 4.69) is 15.3 Å². The first-order valence-corrected chi connectivity index (χ1v) is 6.42. The molecule has 0 radical (unpaired) electrons. The summed E-state index contributed by atoms with van der Waals surface area (Å²) >= 11 is 5.76. The van der Waals surface area contributed by atoms with Gasteiger partial charge in [-0.3, -0.25) is 4.79 Å². The van der Waals surface area contributed by atoms with E-state index in [0.717, 1.165) is 5.56 Å².